The minimum Gasteiger partial charge on any atom is -0.467 e. The highest BCUT2D eigenvalue weighted by Crippen LogP contribution is 2.08. The van der Waals surface area contributed by atoms with Gasteiger partial charge in [0.2, 0.25) is 0 Å². The summed E-state index contributed by atoms with van der Waals surface area (Å²) in [5, 5.41) is 0. The van der Waals surface area contributed by atoms with E-state index in [1.807, 2.05) is 19.9 Å². The van der Waals surface area contributed by atoms with Crippen molar-refractivity contribution in [2.45, 2.75) is 33.6 Å². The van der Waals surface area contributed by atoms with Crippen LogP contribution in [0.15, 0.2) is 24.2 Å². The van der Waals surface area contributed by atoms with Gasteiger partial charge in [-0.05, 0) is 26.3 Å². The summed E-state index contributed by atoms with van der Waals surface area (Å²) in [7, 11) is 0. The van der Waals surface area contributed by atoms with E-state index in [9.17, 15) is 0 Å². The summed E-state index contributed by atoms with van der Waals surface area (Å²) in [4.78, 5) is 0. The first kappa shape index (κ1) is 9.28. The van der Waals surface area contributed by atoms with Crippen LogP contribution in [0.3, 0.4) is 0 Å². The lowest BCUT2D eigenvalue weighted by Crippen LogP contribution is -1.87. The van der Waals surface area contributed by atoms with Gasteiger partial charge in [-0.2, -0.15) is 0 Å². The number of hydrogen-bond acceptors (Lipinski definition) is 1. The molecule has 0 radical (unpaired) electrons. The summed E-state index contributed by atoms with van der Waals surface area (Å²) < 4.78 is 5.31. The van der Waals surface area contributed by atoms with Gasteiger partial charge in [-0.25, -0.2) is 0 Å². The van der Waals surface area contributed by atoms with E-state index in [-0.39, 0.29) is 0 Å². The molecule has 0 rings (SSSR count). The molecule has 0 aromatic rings. The number of ether oxygens (including phenoxy) is 1. The number of allylic oxidation sites excluding steroid dienone is 3. The number of rotatable bonds is 4. The second-order valence-electron chi connectivity index (χ2n) is 2.29. The zero-order valence-corrected chi connectivity index (χ0v) is 7.11. The molecule has 0 aliphatic rings. The summed E-state index contributed by atoms with van der Waals surface area (Å²) in [5.41, 5.74) is 0. The van der Waals surface area contributed by atoms with E-state index in [0.29, 0.717) is 0 Å². The molecule has 0 atom stereocenters. The summed E-state index contributed by atoms with van der Waals surface area (Å²) in [5.74, 6) is 1.79. The first-order valence-corrected chi connectivity index (χ1v) is 3.69. The van der Waals surface area contributed by atoms with Crippen molar-refractivity contribution in [2.75, 3.05) is 0 Å². The van der Waals surface area contributed by atoms with Crippen LogP contribution in [-0.4, -0.2) is 0 Å². The molecule has 0 fully saturated rings. The molecule has 0 N–H and O–H groups in total. The maximum Gasteiger partial charge on any atom is 0.0964 e. The lowest BCUT2D eigenvalue weighted by atomic mass is 10.3. The van der Waals surface area contributed by atoms with Crippen molar-refractivity contribution in [2.24, 2.45) is 0 Å². The minimum absolute atomic E-state index is 0.859. The standard InChI is InChI=1S/C9H16O/c1-5-7-9(4)10-8(3)6-2/h6H,4-5,7H2,1-3H3/b8-6-. The van der Waals surface area contributed by atoms with Crippen LogP contribution in [0, 0.1) is 0 Å². The van der Waals surface area contributed by atoms with Gasteiger partial charge in [0.15, 0.2) is 0 Å². The Morgan fingerprint density at radius 1 is 1.60 bits per heavy atom. The fraction of sp³-hybridized carbons (Fsp3) is 0.556. The summed E-state index contributed by atoms with van der Waals surface area (Å²) in [6.45, 7) is 9.76. The predicted octanol–water partition coefficient (Wildman–Crippen LogP) is 3.24. The average Bonchev–Trinajstić information content (AvgIpc) is 1.88. The Morgan fingerprint density at radius 3 is 2.60 bits per heavy atom. The molecule has 0 aromatic heterocycles. The van der Waals surface area contributed by atoms with Gasteiger partial charge in [-0.3, -0.25) is 0 Å². The molecule has 0 heterocycles. The molecule has 0 saturated carbocycles. The Balaban J connectivity index is 3.58. The maximum absolute atomic E-state index is 5.31. The third-order valence-electron chi connectivity index (χ3n) is 1.24. The quantitative estimate of drug-likeness (QED) is 0.545. The summed E-state index contributed by atoms with van der Waals surface area (Å²) >= 11 is 0. The van der Waals surface area contributed by atoms with Crippen molar-refractivity contribution >= 4 is 0 Å². The van der Waals surface area contributed by atoms with E-state index in [2.05, 4.69) is 13.5 Å². The molecule has 1 nitrogen and oxygen atoms in total. The van der Waals surface area contributed by atoms with Crippen LogP contribution < -0.4 is 0 Å². The van der Waals surface area contributed by atoms with Crippen LogP contribution in [0.4, 0.5) is 0 Å². The predicted molar refractivity (Wildman–Crippen MR) is 44.6 cm³/mol. The number of hydrogen-bond donors (Lipinski definition) is 0. The Kier molecular flexibility index (Phi) is 4.73. The SMILES string of the molecule is C=C(CCC)O/C(C)=C\C. The first-order valence-electron chi connectivity index (χ1n) is 3.69. The summed E-state index contributed by atoms with van der Waals surface area (Å²) in [6, 6.07) is 0. The average molecular weight is 140 g/mol. The van der Waals surface area contributed by atoms with E-state index in [1.54, 1.807) is 0 Å². The van der Waals surface area contributed by atoms with E-state index < -0.39 is 0 Å². The molecule has 0 aliphatic carbocycles. The van der Waals surface area contributed by atoms with Crippen LogP contribution >= 0.6 is 0 Å². The Hall–Kier alpha value is -0.720. The van der Waals surface area contributed by atoms with Crippen molar-refractivity contribution in [3.8, 4) is 0 Å². The molecular formula is C9H16O. The molecule has 0 aliphatic heterocycles. The molecule has 0 saturated heterocycles. The third kappa shape index (κ3) is 4.19. The van der Waals surface area contributed by atoms with Crippen molar-refractivity contribution in [1.29, 1.82) is 0 Å². The molecule has 0 spiro atoms. The van der Waals surface area contributed by atoms with E-state index in [0.717, 1.165) is 24.4 Å². The molecule has 1 heteroatoms. The van der Waals surface area contributed by atoms with Crippen LogP contribution in [-0.2, 0) is 4.74 Å². The van der Waals surface area contributed by atoms with Crippen molar-refractivity contribution in [3.05, 3.63) is 24.2 Å². The Morgan fingerprint density at radius 2 is 2.20 bits per heavy atom. The molecule has 0 bridgehead atoms. The Bertz CT molecular complexity index is 134. The molecule has 0 unspecified atom stereocenters. The monoisotopic (exact) mass is 140 g/mol. The van der Waals surface area contributed by atoms with Gasteiger partial charge in [-0.15, -0.1) is 0 Å². The molecular weight excluding hydrogens is 124 g/mol. The zero-order valence-electron chi connectivity index (χ0n) is 7.11. The topological polar surface area (TPSA) is 9.23 Å². The van der Waals surface area contributed by atoms with Gasteiger partial charge in [0.25, 0.3) is 0 Å². The van der Waals surface area contributed by atoms with Crippen LogP contribution in [0.2, 0.25) is 0 Å². The Labute approximate surface area is 63.4 Å². The van der Waals surface area contributed by atoms with Crippen molar-refractivity contribution in [3.63, 3.8) is 0 Å². The summed E-state index contributed by atoms with van der Waals surface area (Å²) in [6.07, 6.45) is 3.97. The molecule has 10 heavy (non-hydrogen) atoms. The first-order chi connectivity index (χ1) is 4.70. The van der Waals surface area contributed by atoms with E-state index in [4.69, 9.17) is 4.74 Å². The second-order valence-corrected chi connectivity index (χ2v) is 2.29. The second kappa shape index (κ2) is 5.10. The van der Waals surface area contributed by atoms with Gasteiger partial charge in [-0.1, -0.05) is 13.5 Å². The van der Waals surface area contributed by atoms with Gasteiger partial charge in [0, 0.05) is 6.42 Å². The van der Waals surface area contributed by atoms with Crippen molar-refractivity contribution in [1.82, 2.24) is 0 Å². The highest BCUT2D eigenvalue weighted by Gasteiger charge is 1.92. The minimum atomic E-state index is 0.859. The van der Waals surface area contributed by atoms with E-state index >= 15 is 0 Å². The van der Waals surface area contributed by atoms with E-state index in [1.165, 1.54) is 0 Å². The highest BCUT2D eigenvalue weighted by atomic mass is 16.5. The zero-order chi connectivity index (χ0) is 7.98. The van der Waals surface area contributed by atoms with Gasteiger partial charge in [0.05, 0.1) is 11.5 Å². The molecule has 0 amide bonds. The fourth-order valence-electron chi connectivity index (χ4n) is 0.616. The van der Waals surface area contributed by atoms with Crippen molar-refractivity contribution < 1.29 is 4.74 Å². The van der Waals surface area contributed by atoms with Crippen LogP contribution in [0.1, 0.15) is 33.6 Å². The smallest absolute Gasteiger partial charge is 0.0964 e. The van der Waals surface area contributed by atoms with Gasteiger partial charge < -0.3 is 4.74 Å². The highest BCUT2D eigenvalue weighted by molar-refractivity contribution is 4.93. The molecule has 0 aromatic carbocycles. The van der Waals surface area contributed by atoms with Gasteiger partial charge in [0.1, 0.15) is 0 Å². The lowest BCUT2D eigenvalue weighted by molar-refractivity contribution is 0.293. The normalized spacial score (nSPS) is 11.3. The van der Waals surface area contributed by atoms with Gasteiger partial charge >= 0.3 is 0 Å². The fourth-order valence-corrected chi connectivity index (χ4v) is 0.616. The lowest BCUT2D eigenvalue weighted by Gasteiger charge is -2.06. The molecule has 58 valence electrons. The third-order valence-corrected chi connectivity index (χ3v) is 1.24. The van der Waals surface area contributed by atoms with Crippen LogP contribution in [0.25, 0.3) is 0 Å². The maximum atomic E-state index is 5.31. The largest absolute Gasteiger partial charge is 0.467 e. The van der Waals surface area contributed by atoms with Crippen LogP contribution in [0.5, 0.6) is 0 Å².